The number of aromatic nitrogens is 1. The second-order valence-corrected chi connectivity index (χ2v) is 22.5. The molecule has 3 heteroatoms. The van der Waals surface area contributed by atoms with E-state index in [1.807, 2.05) is 0 Å². The summed E-state index contributed by atoms with van der Waals surface area (Å²) >= 11 is 0. The Bertz CT molecular complexity index is 3590. The van der Waals surface area contributed by atoms with Crippen LogP contribution in [0.1, 0.15) is 144 Å². The van der Waals surface area contributed by atoms with Crippen molar-refractivity contribution < 1.29 is 0 Å². The molecule has 9 aromatic rings. The van der Waals surface area contributed by atoms with Crippen molar-refractivity contribution in [3.8, 4) is 45.5 Å². The van der Waals surface area contributed by atoms with Crippen LogP contribution in [0.4, 0.5) is 0 Å². The Morgan fingerprint density at radius 1 is 0.409 bits per heavy atom. The highest BCUT2D eigenvalue weighted by Crippen LogP contribution is 2.65. The molecule has 0 aliphatic heterocycles. The predicted octanol–water partition coefficient (Wildman–Crippen LogP) is 15.4. The molecule has 2 aromatic heterocycles. The van der Waals surface area contributed by atoms with Gasteiger partial charge in [-0.05, 0) is 220 Å². The molecule has 19 rings (SSSR count). The van der Waals surface area contributed by atoms with Gasteiger partial charge in [-0.15, -0.1) is 0 Å². The number of hydrogen-bond donors (Lipinski definition) is 0. The summed E-state index contributed by atoms with van der Waals surface area (Å²) < 4.78 is 2.56. The molecule has 8 bridgehead atoms. The van der Waals surface area contributed by atoms with E-state index in [0.29, 0.717) is 23.7 Å². The highest BCUT2D eigenvalue weighted by Gasteiger charge is 2.52. The lowest BCUT2D eigenvalue weighted by molar-refractivity contribution is 0.166. The van der Waals surface area contributed by atoms with Crippen LogP contribution in [0.5, 0.6) is 0 Å². The van der Waals surface area contributed by atoms with Crippen LogP contribution >= 0.6 is 0 Å². The molecule has 4 atom stereocenters. The van der Waals surface area contributed by atoms with Crippen LogP contribution in [0.25, 0.3) is 71.5 Å². The topological polar surface area (TPSA) is 52.0 Å². The highest BCUT2D eigenvalue weighted by atomic mass is 14.9. The monoisotopic (exact) mass is 845 g/mol. The van der Waals surface area contributed by atoms with Gasteiger partial charge < -0.3 is 4.40 Å². The van der Waals surface area contributed by atoms with E-state index in [9.17, 15) is 10.5 Å². The van der Waals surface area contributed by atoms with Crippen molar-refractivity contribution in [2.45, 2.75) is 93.3 Å². The first-order valence-corrected chi connectivity index (χ1v) is 25.2. The van der Waals surface area contributed by atoms with Crippen LogP contribution < -0.4 is 0 Å². The van der Waals surface area contributed by atoms with E-state index in [0.717, 1.165) is 34.8 Å². The Kier molecular flexibility index (Phi) is 6.47. The van der Waals surface area contributed by atoms with Gasteiger partial charge in [0.05, 0.1) is 45.2 Å². The van der Waals surface area contributed by atoms with E-state index in [4.69, 9.17) is 0 Å². The molecule has 314 valence electrons. The lowest BCUT2D eigenvalue weighted by Crippen LogP contribution is -2.25. The predicted molar refractivity (Wildman–Crippen MR) is 263 cm³/mol. The minimum atomic E-state index is -0.411. The number of hydrogen-bond acceptors (Lipinski definition) is 2. The minimum Gasteiger partial charge on any atom is -0.308 e. The summed E-state index contributed by atoms with van der Waals surface area (Å²) in [4.78, 5) is 0. The maximum atomic E-state index is 11.1. The zero-order valence-electron chi connectivity index (χ0n) is 37.0. The molecule has 10 aliphatic rings. The van der Waals surface area contributed by atoms with E-state index in [1.165, 1.54) is 180 Å². The van der Waals surface area contributed by atoms with Crippen molar-refractivity contribution in [2.24, 2.45) is 23.7 Å². The van der Waals surface area contributed by atoms with Crippen LogP contribution in [-0.2, 0) is 5.41 Å². The van der Waals surface area contributed by atoms with Gasteiger partial charge in [0.1, 0.15) is 0 Å². The summed E-state index contributed by atoms with van der Waals surface area (Å²) in [5.74, 6) is 4.89. The van der Waals surface area contributed by atoms with Crippen LogP contribution in [0.15, 0.2) is 115 Å². The van der Waals surface area contributed by atoms with Gasteiger partial charge in [-0.2, -0.15) is 10.5 Å². The maximum Gasteiger partial charge on any atom is 0.0995 e. The average molecular weight is 846 g/mol. The third-order valence-electron chi connectivity index (χ3n) is 19.6. The second kappa shape index (κ2) is 12.0. The molecule has 0 amide bonds. The molecule has 3 nitrogen and oxygen atoms in total. The molecule has 66 heavy (non-hydrogen) atoms. The summed E-state index contributed by atoms with van der Waals surface area (Å²) in [6.07, 6.45) is 12.6. The zero-order chi connectivity index (χ0) is 42.9. The first-order chi connectivity index (χ1) is 32.6. The Balaban J connectivity index is 1.01. The second-order valence-electron chi connectivity index (χ2n) is 22.5. The molecular formula is C63H47N3. The van der Waals surface area contributed by atoms with Gasteiger partial charge in [0.25, 0.3) is 0 Å². The Morgan fingerprint density at radius 2 is 0.818 bits per heavy atom. The zero-order valence-corrected chi connectivity index (χ0v) is 37.0. The normalized spacial score (nSPS) is 27.2. The third kappa shape index (κ3) is 4.07. The largest absolute Gasteiger partial charge is 0.308 e. The van der Waals surface area contributed by atoms with E-state index in [2.05, 4.69) is 132 Å². The summed E-state index contributed by atoms with van der Waals surface area (Å²) in [6, 6.07) is 50.3. The van der Waals surface area contributed by atoms with Crippen molar-refractivity contribution in [1.82, 2.24) is 4.40 Å². The molecule has 4 saturated carbocycles. The fourth-order valence-electron chi connectivity index (χ4n) is 18.0. The highest BCUT2D eigenvalue weighted by molar-refractivity contribution is 6.26. The van der Waals surface area contributed by atoms with Crippen molar-refractivity contribution >= 4 is 38.1 Å². The SMILES string of the molecule is N#Cc1cc2c(c3c1C1CC4CC(C1)CC3C4)c1cc(-c3ccc4c(c3)C3(c5ccccc5-c5ccccc53)c3ccccc3-4)cc3c4c5c(c(C#N)cc4n2c13)C1CC2CC(C1)CC5C2. The molecule has 2 heterocycles. The lowest BCUT2D eigenvalue weighted by atomic mass is 9.67. The van der Waals surface area contributed by atoms with Crippen molar-refractivity contribution in [1.29, 1.82) is 10.5 Å². The Morgan fingerprint density at radius 3 is 1.26 bits per heavy atom. The summed E-state index contributed by atoms with van der Waals surface area (Å²) in [5, 5.41) is 27.7. The van der Waals surface area contributed by atoms with Crippen LogP contribution in [-0.4, -0.2) is 4.40 Å². The third-order valence-corrected chi connectivity index (χ3v) is 19.6. The van der Waals surface area contributed by atoms with Gasteiger partial charge in [-0.3, -0.25) is 0 Å². The molecule has 7 aromatic carbocycles. The van der Waals surface area contributed by atoms with Gasteiger partial charge in [-0.25, -0.2) is 0 Å². The Hall–Kier alpha value is -6.68. The van der Waals surface area contributed by atoms with Crippen molar-refractivity contribution in [2.75, 3.05) is 0 Å². The molecule has 0 radical (unpaired) electrons. The first-order valence-electron chi connectivity index (χ1n) is 25.2. The molecule has 0 N–H and O–H groups in total. The number of rotatable bonds is 1. The molecule has 4 unspecified atom stereocenters. The van der Waals surface area contributed by atoms with E-state index in [-0.39, 0.29) is 0 Å². The van der Waals surface area contributed by atoms with Gasteiger partial charge >= 0.3 is 0 Å². The van der Waals surface area contributed by atoms with Crippen LogP contribution in [0.3, 0.4) is 0 Å². The van der Waals surface area contributed by atoms with Gasteiger partial charge in [0.15, 0.2) is 0 Å². The van der Waals surface area contributed by atoms with E-state index < -0.39 is 5.41 Å². The first kappa shape index (κ1) is 35.6. The number of nitriles is 2. The smallest absolute Gasteiger partial charge is 0.0995 e. The molecule has 0 saturated heterocycles. The van der Waals surface area contributed by atoms with Gasteiger partial charge in [-0.1, -0.05) is 84.9 Å². The Labute approximate surface area is 384 Å². The standard InChI is InChI=1S/C63H47N3/c64-30-42-28-54-60(58-40-21-32-15-33(22-40)18-38(17-32)56(42)58)48-25-37(26-49-61-55(66(54)62(48)49)29-43(31-65)57-39-19-34-16-35(20-39)24-41(23-34)59(57)61)36-13-14-47-46-9-3-6-12-52(46)63(53(47)27-36)50-10-4-1-7-44(50)45-8-2-5-11-51(45)63/h1-14,25-29,32-35,38-41H,15-24H2. The summed E-state index contributed by atoms with van der Waals surface area (Å²) in [6.45, 7) is 0. The maximum absolute atomic E-state index is 11.1. The van der Waals surface area contributed by atoms with Gasteiger partial charge in [0.2, 0.25) is 0 Å². The van der Waals surface area contributed by atoms with Crippen molar-refractivity contribution in [3.63, 3.8) is 0 Å². The van der Waals surface area contributed by atoms with Crippen LogP contribution in [0, 0.1) is 46.3 Å². The summed E-state index contributed by atoms with van der Waals surface area (Å²) in [5.41, 5.74) is 24.2. The summed E-state index contributed by atoms with van der Waals surface area (Å²) in [7, 11) is 0. The number of fused-ring (bicyclic) bond motifs is 16. The molecular weight excluding hydrogens is 799 g/mol. The van der Waals surface area contributed by atoms with Gasteiger partial charge in [0, 0.05) is 21.5 Å². The molecule has 10 aliphatic carbocycles. The number of benzene rings is 7. The quantitative estimate of drug-likeness (QED) is 0.165. The van der Waals surface area contributed by atoms with Crippen molar-refractivity contribution in [3.05, 3.63) is 171 Å². The fraction of sp³-hybridized carbons (Fsp3) is 0.302. The molecule has 1 spiro atoms. The van der Waals surface area contributed by atoms with Crippen LogP contribution in [0.2, 0.25) is 0 Å². The van der Waals surface area contributed by atoms with E-state index >= 15 is 0 Å². The number of nitrogens with zero attached hydrogens (tertiary/aromatic N) is 3. The van der Waals surface area contributed by atoms with E-state index in [1.54, 1.807) is 0 Å². The lowest BCUT2D eigenvalue weighted by Gasteiger charge is -2.38. The minimum absolute atomic E-state index is 0.411. The molecule has 4 fully saturated rings. The average Bonchev–Trinajstić information content (AvgIpc) is 3.97. The fourth-order valence-corrected chi connectivity index (χ4v) is 18.0.